The van der Waals surface area contributed by atoms with Crippen molar-refractivity contribution in [1.82, 2.24) is 5.43 Å². The summed E-state index contributed by atoms with van der Waals surface area (Å²) in [6.45, 7) is 0.256. The molecule has 0 saturated carbocycles. The number of nitriles is 1. The molecule has 3 aromatic carbocycles. The van der Waals surface area contributed by atoms with Crippen LogP contribution in [0.25, 0.3) is 0 Å². The van der Waals surface area contributed by atoms with Crippen molar-refractivity contribution in [3.63, 3.8) is 0 Å². The second-order valence-corrected chi connectivity index (χ2v) is 6.24. The van der Waals surface area contributed by atoms with Gasteiger partial charge in [-0.05, 0) is 42.5 Å². The molecule has 5 nitrogen and oxygen atoms in total. The molecule has 28 heavy (non-hydrogen) atoms. The summed E-state index contributed by atoms with van der Waals surface area (Å²) in [6.07, 6.45) is 1.51. The summed E-state index contributed by atoms with van der Waals surface area (Å²) >= 11 is 5.82. The number of hydrogen-bond donors (Lipinski definition) is 1. The Balaban J connectivity index is 1.66. The average Bonchev–Trinajstić information content (AvgIpc) is 2.73. The number of carbonyl (C=O) groups excluding carboxylic acids is 1. The molecule has 0 aliphatic rings. The topological polar surface area (TPSA) is 74.5 Å². The Labute approximate surface area is 167 Å². The predicted octanol–water partition coefficient (Wildman–Crippen LogP) is 4.55. The zero-order valence-electron chi connectivity index (χ0n) is 14.8. The first-order valence-electron chi connectivity index (χ1n) is 8.46. The van der Waals surface area contributed by atoms with E-state index >= 15 is 0 Å². The molecule has 0 fully saturated rings. The Morgan fingerprint density at radius 2 is 1.79 bits per heavy atom. The van der Waals surface area contributed by atoms with Crippen LogP contribution in [0.3, 0.4) is 0 Å². The fourth-order valence-corrected chi connectivity index (χ4v) is 2.58. The van der Waals surface area contributed by atoms with Gasteiger partial charge in [0.05, 0.1) is 17.8 Å². The van der Waals surface area contributed by atoms with Crippen LogP contribution in [0.15, 0.2) is 77.9 Å². The number of carbonyl (C=O) groups is 1. The molecule has 0 aromatic heterocycles. The molecule has 0 spiro atoms. The number of hydrogen-bond acceptors (Lipinski definition) is 4. The molecule has 0 atom stereocenters. The number of hydrazone groups is 1. The Kier molecular flexibility index (Phi) is 6.40. The van der Waals surface area contributed by atoms with Gasteiger partial charge in [-0.3, -0.25) is 4.79 Å². The van der Waals surface area contributed by atoms with Crippen molar-refractivity contribution in [2.75, 3.05) is 0 Å². The lowest BCUT2D eigenvalue weighted by atomic mass is 10.1. The molecule has 0 aliphatic heterocycles. The molecule has 0 saturated heterocycles. The van der Waals surface area contributed by atoms with Crippen LogP contribution in [0, 0.1) is 11.3 Å². The number of ether oxygens (including phenoxy) is 1. The number of amides is 1. The van der Waals surface area contributed by atoms with E-state index in [1.165, 1.54) is 6.21 Å². The minimum atomic E-state index is -0.339. The number of benzene rings is 3. The molecule has 0 bridgehead atoms. The van der Waals surface area contributed by atoms with Gasteiger partial charge in [0.25, 0.3) is 5.91 Å². The van der Waals surface area contributed by atoms with E-state index in [0.717, 1.165) is 5.56 Å². The number of nitrogens with zero attached hydrogens (tertiary/aromatic N) is 2. The van der Waals surface area contributed by atoms with Crippen LogP contribution in [-0.2, 0) is 6.61 Å². The summed E-state index contributed by atoms with van der Waals surface area (Å²) in [5, 5.41) is 13.7. The molecule has 1 amide bonds. The van der Waals surface area contributed by atoms with Crippen LogP contribution in [0.5, 0.6) is 5.75 Å². The first kappa shape index (κ1) is 19.2. The lowest BCUT2D eigenvalue weighted by Gasteiger charge is -2.10. The summed E-state index contributed by atoms with van der Waals surface area (Å²) in [5.74, 6) is 0.258. The summed E-state index contributed by atoms with van der Waals surface area (Å²) in [5.41, 5.74) is 5.01. The highest BCUT2D eigenvalue weighted by molar-refractivity contribution is 6.30. The van der Waals surface area contributed by atoms with Crippen molar-refractivity contribution >= 4 is 23.7 Å². The van der Waals surface area contributed by atoms with Gasteiger partial charge in [0, 0.05) is 21.7 Å². The second kappa shape index (κ2) is 9.36. The van der Waals surface area contributed by atoms with Gasteiger partial charge < -0.3 is 4.74 Å². The first-order chi connectivity index (χ1) is 13.7. The van der Waals surface area contributed by atoms with Crippen molar-refractivity contribution in [2.24, 2.45) is 5.10 Å². The van der Waals surface area contributed by atoms with E-state index in [1.807, 2.05) is 36.4 Å². The van der Waals surface area contributed by atoms with Gasteiger partial charge in [0.15, 0.2) is 0 Å². The quantitative estimate of drug-likeness (QED) is 0.496. The third-order valence-electron chi connectivity index (χ3n) is 3.92. The fourth-order valence-electron chi connectivity index (χ4n) is 2.46. The largest absolute Gasteiger partial charge is 0.488 e. The van der Waals surface area contributed by atoms with Gasteiger partial charge in [0.2, 0.25) is 0 Å². The first-order valence-corrected chi connectivity index (χ1v) is 8.84. The van der Waals surface area contributed by atoms with Crippen LogP contribution in [0.4, 0.5) is 0 Å². The smallest absolute Gasteiger partial charge is 0.271 e. The third kappa shape index (κ3) is 4.97. The average molecular weight is 390 g/mol. The molecule has 0 heterocycles. The zero-order valence-corrected chi connectivity index (χ0v) is 15.6. The normalized spacial score (nSPS) is 10.4. The van der Waals surface area contributed by atoms with Crippen molar-refractivity contribution < 1.29 is 9.53 Å². The van der Waals surface area contributed by atoms with Crippen molar-refractivity contribution in [3.05, 3.63) is 100 Å². The molecule has 0 aliphatic carbocycles. The van der Waals surface area contributed by atoms with Gasteiger partial charge in [-0.25, -0.2) is 5.43 Å². The summed E-state index contributed by atoms with van der Waals surface area (Å²) in [4.78, 5) is 12.1. The summed E-state index contributed by atoms with van der Waals surface area (Å²) < 4.78 is 5.85. The van der Waals surface area contributed by atoms with Crippen molar-refractivity contribution in [3.8, 4) is 11.8 Å². The molecule has 3 aromatic rings. The van der Waals surface area contributed by atoms with Crippen LogP contribution in [0.1, 0.15) is 27.0 Å². The standard InChI is InChI=1S/C22H16ClN3O2/c23-20-11-9-16(10-12-20)22(27)26-25-14-18-6-3-4-8-21(18)28-15-19-7-2-1-5-17(19)13-24/h1-12,14H,15H2,(H,26,27)/b25-14-. The second-order valence-electron chi connectivity index (χ2n) is 5.80. The van der Waals surface area contributed by atoms with Crippen molar-refractivity contribution in [1.29, 1.82) is 5.26 Å². The van der Waals surface area contributed by atoms with Crippen molar-refractivity contribution in [2.45, 2.75) is 6.61 Å². The molecule has 1 N–H and O–H groups in total. The van der Waals surface area contributed by atoms with E-state index in [4.69, 9.17) is 16.3 Å². The van der Waals surface area contributed by atoms with E-state index in [1.54, 1.807) is 36.4 Å². The minimum absolute atomic E-state index is 0.256. The number of para-hydroxylation sites is 1. The Morgan fingerprint density at radius 3 is 2.57 bits per heavy atom. The van der Waals surface area contributed by atoms with Gasteiger partial charge in [-0.1, -0.05) is 41.9 Å². The highest BCUT2D eigenvalue weighted by Gasteiger charge is 2.06. The number of nitrogens with one attached hydrogen (secondary N) is 1. The highest BCUT2D eigenvalue weighted by Crippen LogP contribution is 2.19. The third-order valence-corrected chi connectivity index (χ3v) is 4.17. The molecule has 3 rings (SSSR count). The highest BCUT2D eigenvalue weighted by atomic mass is 35.5. The lowest BCUT2D eigenvalue weighted by Crippen LogP contribution is -2.17. The van der Waals surface area contributed by atoms with E-state index in [9.17, 15) is 10.1 Å². The van der Waals surface area contributed by atoms with Gasteiger partial charge >= 0.3 is 0 Å². The lowest BCUT2D eigenvalue weighted by molar-refractivity contribution is 0.0955. The maximum Gasteiger partial charge on any atom is 0.271 e. The molecule has 6 heteroatoms. The molecular weight excluding hydrogens is 374 g/mol. The van der Waals surface area contributed by atoms with E-state index in [2.05, 4.69) is 16.6 Å². The van der Waals surface area contributed by atoms with Crippen LogP contribution in [0.2, 0.25) is 5.02 Å². The van der Waals surface area contributed by atoms with E-state index in [-0.39, 0.29) is 12.5 Å². The minimum Gasteiger partial charge on any atom is -0.488 e. The monoisotopic (exact) mass is 389 g/mol. The maximum absolute atomic E-state index is 12.1. The van der Waals surface area contributed by atoms with Gasteiger partial charge in [-0.2, -0.15) is 10.4 Å². The summed E-state index contributed by atoms with van der Waals surface area (Å²) in [7, 11) is 0. The van der Waals surface area contributed by atoms with E-state index < -0.39 is 0 Å². The Hall–Kier alpha value is -3.62. The maximum atomic E-state index is 12.1. The summed E-state index contributed by atoms with van der Waals surface area (Å²) in [6, 6.07) is 23.3. The zero-order chi connectivity index (χ0) is 19.8. The van der Waals surface area contributed by atoms with Gasteiger partial charge in [0.1, 0.15) is 12.4 Å². The Bertz CT molecular complexity index is 1040. The molecular formula is C22H16ClN3O2. The number of rotatable bonds is 6. The SMILES string of the molecule is N#Cc1ccccc1COc1ccccc1/C=N\NC(=O)c1ccc(Cl)cc1. The Morgan fingerprint density at radius 1 is 1.07 bits per heavy atom. The number of halogens is 1. The van der Waals surface area contributed by atoms with Gasteiger partial charge in [-0.15, -0.1) is 0 Å². The van der Waals surface area contributed by atoms with E-state index in [0.29, 0.717) is 27.5 Å². The molecule has 138 valence electrons. The predicted molar refractivity (Wildman–Crippen MR) is 108 cm³/mol. The van der Waals surface area contributed by atoms with Crippen LogP contribution in [-0.4, -0.2) is 12.1 Å². The molecule has 0 unspecified atom stereocenters. The van der Waals surface area contributed by atoms with Crippen LogP contribution >= 0.6 is 11.6 Å². The van der Waals surface area contributed by atoms with Crippen LogP contribution < -0.4 is 10.2 Å². The molecule has 0 radical (unpaired) electrons. The fraction of sp³-hybridized carbons (Fsp3) is 0.0455.